The molecule has 1 aromatic carbocycles. The summed E-state index contributed by atoms with van der Waals surface area (Å²) >= 11 is 5.76. The number of rotatable bonds is 0. The summed E-state index contributed by atoms with van der Waals surface area (Å²) in [6.45, 7) is 0. The van der Waals surface area contributed by atoms with E-state index in [2.05, 4.69) is 0 Å². The number of carbonyl (C=O) groups excluding carboxylic acids is 1. The Morgan fingerprint density at radius 2 is 2.23 bits per heavy atom. The predicted molar refractivity (Wildman–Crippen MR) is 49.8 cm³/mol. The number of aliphatic hydroxyl groups is 1. The van der Waals surface area contributed by atoms with Gasteiger partial charge in [-0.1, -0.05) is 17.7 Å². The lowest BCUT2D eigenvalue weighted by Crippen LogP contribution is -2.23. The zero-order valence-corrected chi connectivity index (χ0v) is 7.75. The second kappa shape index (κ2) is 2.72. The Morgan fingerprint density at radius 3 is 2.92 bits per heavy atom. The minimum atomic E-state index is -1.03. The maximum absolute atomic E-state index is 11.3. The normalized spacial score (nSPS) is 20.7. The van der Waals surface area contributed by atoms with Gasteiger partial charge in [0.15, 0.2) is 6.10 Å². The van der Waals surface area contributed by atoms with Crippen molar-refractivity contribution >= 4 is 23.2 Å². The lowest BCUT2D eigenvalue weighted by atomic mass is 10.1. The van der Waals surface area contributed by atoms with E-state index in [1.54, 1.807) is 25.2 Å². The highest BCUT2D eigenvalue weighted by Crippen LogP contribution is 2.36. The molecule has 4 heteroatoms. The quantitative estimate of drug-likeness (QED) is 0.682. The average molecular weight is 198 g/mol. The number of anilines is 1. The maximum Gasteiger partial charge on any atom is 0.260 e. The summed E-state index contributed by atoms with van der Waals surface area (Å²) in [5.74, 6) is -0.308. The molecule has 0 unspecified atom stereocenters. The highest BCUT2D eigenvalue weighted by Gasteiger charge is 2.33. The Kier molecular flexibility index (Phi) is 1.78. The van der Waals surface area contributed by atoms with Gasteiger partial charge < -0.3 is 10.0 Å². The Labute approximate surface area is 80.5 Å². The first kappa shape index (κ1) is 8.53. The first-order chi connectivity index (χ1) is 6.11. The molecule has 2 rings (SSSR count). The topological polar surface area (TPSA) is 40.5 Å². The van der Waals surface area contributed by atoms with Crippen LogP contribution in [0.3, 0.4) is 0 Å². The molecule has 0 aliphatic carbocycles. The van der Waals surface area contributed by atoms with Gasteiger partial charge in [-0.2, -0.15) is 0 Å². The summed E-state index contributed by atoms with van der Waals surface area (Å²) in [7, 11) is 1.62. The number of hydrogen-bond acceptors (Lipinski definition) is 2. The molecule has 1 amide bonds. The van der Waals surface area contributed by atoms with Gasteiger partial charge in [0.25, 0.3) is 5.91 Å². The van der Waals surface area contributed by atoms with Crippen molar-refractivity contribution in [3.05, 3.63) is 28.8 Å². The number of carbonyl (C=O) groups is 1. The number of halogens is 1. The van der Waals surface area contributed by atoms with E-state index in [1.165, 1.54) is 4.90 Å². The lowest BCUT2D eigenvalue weighted by molar-refractivity contribution is -0.125. The maximum atomic E-state index is 11.3. The van der Waals surface area contributed by atoms with Crippen molar-refractivity contribution in [2.24, 2.45) is 0 Å². The van der Waals surface area contributed by atoms with Crippen LogP contribution in [0.1, 0.15) is 11.7 Å². The van der Waals surface area contributed by atoms with E-state index in [9.17, 15) is 9.90 Å². The Balaban J connectivity index is 2.60. The monoisotopic (exact) mass is 197 g/mol. The molecule has 68 valence electrons. The van der Waals surface area contributed by atoms with Crippen LogP contribution in [0, 0.1) is 0 Å². The van der Waals surface area contributed by atoms with Crippen molar-refractivity contribution in [1.29, 1.82) is 0 Å². The number of fused-ring (bicyclic) bond motifs is 1. The second-order valence-electron chi connectivity index (χ2n) is 3.00. The number of benzene rings is 1. The summed E-state index contributed by atoms with van der Waals surface area (Å²) in [5.41, 5.74) is 1.31. The molecule has 0 saturated carbocycles. The van der Waals surface area contributed by atoms with Crippen LogP contribution in [-0.4, -0.2) is 18.1 Å². The molecule has 1 aromatic rings. The van der Waals surface area contributed by atoms with Gasteiger partial charge in [-0.05, 0) is 12.1 Å². The Morgan fingerprint density at radius 1 is 1.54 bits per heavy atom. The van der Waals surface area contributed by atoms with Crippen LogP contribution in [0.25, 0.3) is 0 Å². The van der Waals surface area contributed by atoms with Gasteiger partial charge in [0.1, 0.15) is 0 Å². The highest BCUT2D eigenvalue weighted by atomic mass is 35.5. The van der Waals surface area contributed by atoms with Gasteiger partial charge in [0, 0.05) is 17.6 Å². The smallest absolute Gasteiger partial charge is 0.260 e. The minimum Gasteiger partial charge on any atom is -0.378 e. The van der Waals surface area contributed by atoms with Crippen molar-refractivity contribution in [3.8, 4) is 0 Å². The van der Waals surface area contributed by atoms with Gasteiger partial charge in [-0.25, -0.2) is 0 Å². The molecule has 13 heavy (non-hydrogen) atoms. The fourth-order valence-corrected chi connectivity index (χ4v) is 1.64. The molecule has 1 aliphatic rings. The lowest BCUT2D eigenvalue weighted by Gasteiger charge is -2.08. The van der Waals surface area contributed by atoms with Crippen LogP contribution < -0.4 is 4.90 Å². The molecule has 0 saturated heterocycles. The van der Waals surface area contributed by atoms with E-state index in [1.807, 2.05) is 0 Å². The third kappa shape index (κ3) is 1.12. The van der Waals surface area contributed by atoms with Crippen LogP contribution in [-0.2, 0) is 4.79 Å². The molecular weight excluding hydrogens is 190 g/mol. The summed E-state index contributed by atoms with van der Waals surface area (Å²) in [6, 6.07) is 5.00. The summed E-state index contributed by atoms with van der Waals surface area (Å²) < 4.78 is 0. The van der Waals surface area contributed by atoms with Crippen molar-refractivity contribution in [3.63, 3.8) is 0 Å². The van der Waals surface area contributed by atoms with E-state index >= 15 is 0 Å². The summed E-state index contributed by atoms with van der Waals surface area (Å²) in [6.07, 6.45) is -1.03. The molecule has 1 aliphatic heterocycles. The van der Waals surface area contributed by atoms with Crippen LogP contribution in [0.5, 0.6) is 0 Å². The molecule has 1 atom stereocenters. The van der Waals surface area contributed by atoms with Crippen LogP contribution in [0.4, 0.5) is 5.69 Å². The molecule has 0 bridgehead atoms. The Bertz CT molecular complexity index is 378. The van der Waals surface area contributed by atoms with Gasteiger partial charge >= 0.3 is 0 Å². The zero-order chi connectivity index (χ0) is 9.59. The minimum absolute atomic E-state index is 0.308. The predicted octanol–water partition coefficient (Wildman–Crippen LogP) is 1.35. The third-order valence-electron chi connectivity index (χ3n) is 2.21. The number of amides is 1. The number of hydrogen-bond donors (Lipinski definition) is 1. The van der Waals surface area contributed by atoms with Crippen LogP contribution in [0.2, 0.25) is 5.02 Å². The molecule has 3 nitrogen and oxygen atoms in total. The zero-order valence-electron chi connectivity index (χ0n) is 6.99. The SMILES string of the molecule is CN1C(=O)[C@@H](O)c2ccc(Cl)cc21. The van der Waals surface area contributed by atoms with Crippen LogP contribution >= 0.6 is 11.6 Å². The molecular formula is C9H8ClNO2. The van der Waals surface area contributed by atoms with E-state index in [-0.39, 0.29) is 5.91 Å². The molecule has 0 aromatic heterocycles. The second-order valence-corrected chi connectivity index (χ2v) is 3.44. The number of likely N-dealkylation sites (N-methyl/N-ethyl adjacent to an activating group) is 1. The first-order valence-electron chi connectivity index (χ1n) is 3.86. The van der Waals surface area contributed by atoms with Crippen molar-refractivity contribution in [1.82, 2.24) is 0 Å². The van der Waals surface area contributed by atoms with Crippen molar-refractivity contribution < 1.29 is 9.90 Å². The fourth-order valence-electron chi connectivity index (χ4n) is 1.47. The standard InChI is InChI=1S/C9H8ClNO2/c1-11-7-4-5(10)2-3-6(7)8(12)9(11)13/h2-4,8,12H,1H3/t8-/m0/s1. The van der Waals surface area contributed by atoms with E-state index < -0.39 is 6.10 Å². The van der Waals surface area contributed by atoms with Crippen molar-refractivity contribution in [2.45, 2.75) is 6.10 Å². The first-order valence-corrected chi connectivity index (χ1v) is 4.24. The average Bonchev–Trinajstić information content (AvgIpc) is 2.32. The van der Waals surface area contributed by atoms with Crippen LogP contribution in [0.15, 0.2) is 18.2 Å². The van der Waals surface area contributed by atoms with Crippen molar-refractivity contribution in [2.75, 3.05) is 11.9 Å². The van der Waals surface area contributed by atoms with Gasteiger partial charge in [-0.15, -0.1) is 0 Å². The summed E-state index contributed by atoms with van der Waals surface area (Å²) in [4.78, 5) is 12.7. The van der Waals surface area contributed by atoms with Gasteiger partial charge in [0.2, 0.25) is 0 Å². The molecule has 0 fully saturated rings. The molecule has 0 spiro atoms. The van der Waals surface area contributed by atoms with Gasteiger partial charge in [-0.3, -0.25) is 4.79 Å². The van der Waals surface area contributed by atoms with E-state index in [4.69, 9.17) is 11.6 Å². The third-order valence-corrected chi connectivity index (χ3v) is 2.45. The fraction of sp³-hybridized carbons (Fsp3) is 0.222. The summed E-state index contributed by atoms with van der Waals surface area (Å²) in [5, 5.41) is 10.0. The van der Waals surface area contributed by atoms with E-state index in [0.717, 1.165) is 0 Å². The van der Waals surface area contributed by atoms with E-state index in [0.29, 0.717) is 16.3 Å². The highest BCUT2D eigenvalue weighted by molar-refractivity contribution is 6.31. The molecule has 1 heterocycles. The van der Waals surface area contributed by atoms with Gasteiger partial charge in [0.05, 0.1) is 5.69 Å². The molecule has 1 N–H and O–H groups in total. The molecule has 0 radical (unpaired) electrons. The number of aliphatic hydroxyl groups excluding tert-OH is 1. The Hall–Kier alpha value is -1.06. The largest absolute Gasteiger partial charge is 0.378 e. The number of nitrogens with zero attached hydrogens (tertiary/aromatic N) is 1.